The second-order valence-electron chi connectivity index (χ2n) is 4.83. The fourth-order valence-corrected chi connectivity index (χ4v) is 4.19. The molecule has 0 aromatic heterocycles. The van der Waals surface area contributed by atoms with E-state index in [9.17, 15) is 0 Å². The number of methoxy groups -OCH3 is 1. The monoisotopic (exact) mass is 266 g/mol. The van der Waals surface area contributed by atoms with E-state index in [1.165, 1.54) is 11.4 Å². The van der Waals surface area contributed by atoms with E-state index in [0.717, 1.165) is 12.2 Å². The highest BCUT2D eigenvalue weighted by Crippen LogP contribution is 2.41. The molecule has 0 saturated carbocycles. The lowest BCUT2D eigenvalue weighted by Gasteiger charge is -2.42. The van der Waals surface area contributed by atoms with Gasteiger partial charge in [0.05, 0.1) is 12.6 Å². The van der Waals surface area contributed by atoms with Crippen LogP contribution in [-0.2, 0) is 0 Å². The molecule has 4 heteroatoms. The Kier molecular flexibility index (Phi) is 4.07. The van der Waals surface area contributed by atoms with Crippen molar-refractivity contribution in [3.8, 4) is 5.75 Å². The molecule has 3 nitrogen and oxygen atoms in total. The summed E-state index contributed by atoms with van der Waals surface area (Å²) in [5.41, 5.74) is 7.36. The van der Waals surface area contributed by atoms with Crippen molar-refractivity contribution >= 4 is 17.4 Å². The normalized spacial score (nSPS) is 27.2. The Hall–Kier alpha value is -0.870. The third kappa shape index (κ3) is 2.19. The number of rotatable bonds is 4. The topological polar surface area (TPSA) is 38.5 Å². The van der Waals surface area contributed by atoms with Crippen LogP contribution in [0.15, 0.2) is 24.3 Å². The molecule has 1 aliphatic heterocycles. The molecule has 2 unspecified atom stereocenters. The van der Waals surface area contributed by atoms with E-state index in [1.54, 1.807) is 7.11 Å². The van der Waals surface area contributed by atoms with E-state index in [1.807, 2.05) is 23.9 Å². The van der Waals surface area contributed by atoms with Crippen LogP contribution in [-0.4, -0.2) is 37.2 Å². The van der Waals surface area contributed by atoms with Crippen LogP contribution in [0.25, 0.3) is 0 Å². The van der Waals surface area contributed by atoms with Crippen LogP contribution in [0.1, 0.15) is 13.3 Å². The molecule has 1 aromatic rings. The van der Waals surface area contributed by atoms with Crippen LogP contribution < -0.4 is 15.4 Å². The van der Waals surface area contributed by atoms with Crippen molar-refractivity contribution in [2.75, 3.05) is 31.4 Å². The van der Waals surface area contributed by atoms with Crippen molar-refractivity contribution in [3.63, 3.8) is 0 Å². The van der Waals surface area contributed by atoms with Gasteiger partial charge in [0, 0.05) is 24.5 Å². The fraction of sp³-hybridized carbons (Fsp3) is 0.571. The molecule has 0 radical (unpaired) electrons. The molecule has 1 saturated heterocycles. The maximum absolute atomic E-state index is 6.07. The number of ether oxygens (including phenoxy) is 1. The summed E-state index contributed by atoms with van der Waals surface area (Å²) >= 11 is 2.01. The van der Waals surface area contributed by atoms with Crippen LogP contribution in [0.3, 0.4) is 0 Å². The van der Waals surface area contributed by atoms with E-state index < -0.39 is 0 Å². The lowest BCUT2D eigenvalue weighted by Crippen LogP contribution is -2.56. The molecular formula is C14H22N2OS. The van der Waals surface area contributed by atoms with Gasteiger partial charge in [-0.15, -0.1) is 0 Å². The van der Waals surface area contributed by atoms with Crippen molar-refractivity contribution in [1.29, 1.82) is 0 Å². The summed E-state index contributed by atoms with van der Waals surface area (Å²) in [6, 6.07) is 8.21. The van der Waals surface area contributed by atoms with Gasteiger partial charge in [-0.25, -0.2) is 0 Å². The summed E-state index contributed by atoms with van der Waals surface area (Å²) in [7, 11) is 3.84. The number of hydrogen-bond donors (Lipinski definition) is 1. The Balaban J connectivity index is 2.25. The molecule has 1 heterocycles. The predicted molar refractivity (Wildman–Crippen MR) is 79.7 cm³/mol. The number of hydrogen-bond acceptors (Lipinski definition) is 4. The lowest BCUT2D eigenvalue weighted by atomic mass is 9.90. The molecule has 0 aliphatic carbocycles. The highest BCUT2D eigenvalue weighted by Gasteiger charge is 2.43. The average molecular weight is 266 g/mol. The van der Waals surface area contributed by atoms with Gasteiger partial charge in [0.1, 0.15) is 5.75 Å². The van der Waals surface area contributed by atoms with Gasteiger partial charge in [-0.05, 0) is 36.4 Å². The van der Waals surface area contributed by atoms with Gasteiger partial charge < -0.3 is 15.4 Å². The van der Waals surface area contributed by atoms with Gasteiger partial charge in [-0.3, -0.25) is 0 Å². The fourth-order valence-electron chi connectivity index (χ4n) is 2.68. The van der Waals surface area contributed by atoms with Crippen LogP contribution in [0.2, 0.25) is 0 Å². The number of likely N-dealkylation sites (N-methyl/N-ethyl adjacent to an activating group) is 1. The van der Waals surface area contributed by atoms with E-state index >= 15 is 0 Å². The van der Waals surface area contributed by atoms with Crippen LogP contribution in [0.4, 0.5) is 5.69 Å². The van der Waals surface area contributed by atoms with E-state index in [-0.39, 0.29) is 5.54 Å². The first-order valence-corrected chi connectivity index (χ1v) is 7.38. The van der Waals surface area contributed by atoms with Crippen molar-refractivity contribution in [3.05, 3.63) is 24.3 Å². The first-order chi connectivity index (χ1) is 8.64. The molecule has 1 aliphatic rings. The summed E-state index contributed by atoms with van der Waals surface area (Å²) in [6.07, 6.45) is 1.15. The van der Waals surface area contributed by atoms with Crippen LogP contribution in [0, 0.1) is 0 Å². The third-order valence-corrected chi connectivity index (χ3v) is 5.52. The molecule has 100 valence electrons. The molecule has 0 amide bonds. The Morgan fingerprint density at radius 3 is 2.56 bits per heavy atom. The lowest BCUT2D eigenvalue weighted by molar-refractivity contribution is 0.410. The van der Waals surface area contributed by atoms with Crippen LogP contribution in [0.5, 0.6) is 5.75 Å². The highest BCUT2D eigenvalue weighted by atomic mass is 32.2. The van der Waals surface area contributed by atoms with Gasteiger partial charge in [-0.2, -0.15) is 11.8 Å². The minimum atomic E-state index is 0.0826. The standard InChI is InChI=1S/C14H22N2OS/c1-11-14(10-15,8-9-18-11)16(2)12-4-6-13(17-3)7-5-12/h4-7,11H,8-10,15H2,1-3H3. The largest absolute Gasteiger partial charge is 0.497 e. The number of thioether (sulfide) groups is 1. The Bertz CT molecular complexity index is 395. The summed E-state index contributed by atoms with van der Waals surface area (Å²) in [6.45, 7) is 2.98. The molecular weight excluding hydrogens is 244 g/mol. The van der Waals surface area contributed by atoms with Crippen molar-refractivity contribution in [2.45, 2.75) is 24.1 Å². The van der Waals surface area contributed by atoms with E-state index in [0.29, 0.717) is 11.8 Å². The second-order valence-corrected chi connectivity index (χ2v) is 6.28. The minimum Gasteiger partial charge on any atom is -0.497 e. The number of nitrogens with zero attached hydrogens (tertiary/aromatic N) is 1. The summed E-state index contributed by atoms with van der Waals surface area (Å²) in [4.78, 5) is 2.34. The summed E-state index contributed by atoms with van der Waals surface area (Å²) < 4.78 is 5.20. The zero-order valence-corrected chi connectivity index (χ0v) is 12.2. The van der Waals surface area contributed by atoms with Crippen molar-refractivity contribution < 1.29 is 4.74 Å². The number of anilines is 1. The van der Waals surface area contributed by atoms with Gasteiger partial charge >= 0.3 is 0 Å². The predicted octanol–water partition coefficient (Wildman–Crippen LogP) is 2.35. The van der Waals surface area contributed by atoms with E-state index in [4.69, 9.17) is 10.5 Å². The average Bonchev–Trinajstić information content (AvgIpc) is 2.80. The molecule has 1 fully saturated rings. The SMILES string of the molecule is COc1ccc(N(C)C2(CN)CCSC2C)cc1. The molecule has 2 N–H and O–H groups in total. The summed E-state index contributed by atoms with van der Waals surface area (Å²) in [5.74, 6) is 2.08. The Morgan fingerprint density at radius 1 is 1.44 bits per heavy atom. The summed E-state index contributed by atoms with van der Waals surface area (Å²) in [5, 5.41) is 0.564. The Labute approximate surface area is 114 Å². The smallest absolute Gasteiger partial charge is 0.119 e. The van der Waals surface area contributed by atoms with Gasteiger partial charge in [0.15, 0.2) is 0 Å². The molecule has 0 spiro atoms. The molecule has 1 aromatic carbocycles. The third-order valence-electron chi connectivity index (χ3n) is 4.14. The number of nitrogens with two attached hydrogens (primary N) is 1. The minimum absolute atomic E-state index is 0.0826. The Morgan fingerprint density at radius 2 is 2.11 bits per heavy atom. The van der Waals surface area contributed by atoms with Gasteiger partial charge in [0.2, 0.25) is 0 Å². The first kappa shape index (κ1) is 13.6. The maximum atomic E-state index is 6.07. The second kappa shape index (κ2) is 5.41. The molecule has 0 bridgehead atoms. The maximum Gasteiger partial charge on any atom is 0.119 e. The van der Waals surface area contributed by atoms with Crippen molar-refractivity contribution in [2.24, 2.45) is 5.73 Å². The number of benzene rings is 1. The van der Waals surface area contributed by atoms with Crippen molar-refractivity contribution in [1.82, 2.24) is 0 Å². The van der Waals surface area contributed by atoms with Gasteiger partial charge in [-0.1, -0.05) is 6.92 Å². The van der Waals surface area contributed by atoms with Crippen LogP contribution >= 0.6 is 11.8 Å². The van der Waals surface area contributed by atoms with Gasteiger partial charge in [0.25, 0.3) is 0 Å². The molecule has 2 rings (SSSR count). The zero-order valence-electron chi connectivity index (χ0n) is 11.3. The first-order valence-electron chi connectivity index (χ1n) is 6.33. The highest BCUT2D eigenvalue weighted by molar-refractivity contribution is 8.00. The quantitative estimate of drug-likeness (QED) is 0.908. The zero-order chi connectivity index (χ0) is 13.2. The van der Waals surface area contributed by atoms with E-state index in [2.05, 4.69) is 31.0 Å². The molecule has 2 atom stereocenters. The molecule has 18 heavy (non-hydrogen) atoms.